The van der Waals surface area contributed by atoms with Gasteiger partial charge >= 0.3 is 0 Å². The van der Waals surface area contributed by atoms with Crippen LogP contribution in [0.25, 0.3) is 11.0 Å². The number of hydrogen-bond donors (Lipinski definition) is 1. The Labute approximate surface area is 139 Å². The first-order valence-corrected chi connectivity index (χ1v) is 7.70. The van der Waals surface area contributed by atoms with Crippen LogP contribution in [0.2, 0.25) is 0 Å². The topological polar surface area (TPSA) is 65.4 Å². The van der Waals surface area contributed by atoms with E-state index < -0.39 is 0 Å². The molecule has 1 aliphatic heterocycles. The van der Waals surface area contributed by atoms with E-state index in [1.807, 2.05) is 47.0 Å². The lowest BCUT2D eigenvalue weighted by atomic mass is 9.99. The molecule has 2 heterocycles. The van der Waals surface area contributed by atoms with Gasteiger partial charge in [0.2, 0.25) is 11.9 Å². The number of ether oxygens (including phenoxy) is 2. The lowest BCUT2D eigenvalue weighted by Gasteiger charge is -2.27. The average molecular weight is 323 g/mol. The molecule has 0 saturated heterocycles. The SMILES string of the molecule is COc1cccc([C@H]2CC(=O)Nc3nc4ccccc4n32)c1OC. The molecular formula is C18H17N3O3. The molecule has 1 aromatic heterocycles. The fraction of sp³-hybridized carbons (Fsp3) is 0.222. The minimum Gasteiger partial charge on any atom is -0.493 e. The summed E-state index contributed by atoms with van der Waals surface area (Å²) in [6.45, 7) is 0. The zero-order valence-electron chi connectivity index (χ0n) is 13.4. The number of methoxy groups -OCH3 is 2. The van der Waals surface area contributed by atoms with E-state index >= 15 is 0 Å². The number of nitrogens with zero attached hydrogens (tertiary/aromatic N) is 2. The normalized spacial score (nSPS) is 16.6. The van der Waals surface area contributed by atoms with E-state index in [-0.39, 0.29) is 11.9 Å². The predicted octanol–water partition coefficient (Wildman–Crippen LogP) is 2.99. The van der Waals surface area contributed by atoms with Gasteiger partial charge in [-0.15, -0.1) is 0 Å². The summed E-state index contributed by atoms with van der Waals surface area (Å²) >= 11 is 0. The quantitative estimate of drug-likeness (QED) is 0.805. The molecule has 2 aromatic carbocycles. The smallest absolute Gasteiger partial charge is 0.229 e. The van der Waals surface area contributed by atoms with E-state index in [2.05, 4.69) is 10.3 Å². The van der Waals surface area contributed by atoms with Crippen LogP contribution in [0.1, 0.15) is 18.0 Å². The third-order valence-corrected chi connectivity index (χ3v) is 4.33. The van der Waals surface area contributed by atoms with E-state index in [1.54, 1.807) is 14.2 Å². The minimum atomic E-state index is -0.203. The monoisotopic (exact) mass is 323 g/mol. The Bertz CT molecular complexity index is 932. The number of anilines is 1. The van der Waals surface area contributed by atoms with Gasteiger partial charge in [-0.1, -0.05) is 24.3 Å². The largest absolute Gasteiger partial charge is 0.493 e. The number of carbonyl (C=O) groups excluding carboxylic acids is 1. The Morgan fingerprint density at radius 2 is 1.96 bits per heavy atom. The Morgan fingerprint density at radius 3 is 2.75 bits per heavy atom. The van der Waals surface area contributed by atoms with Crippen molar-refractivity contribution in [3.05, 3.63) is 48.0 Å². The number of nitrogens with one attached hydrogen (secondary N) is 1. The van der Waals surface area contributed by atoms with Crippen molar-refractivity contribution in [1.82, 2.24) is 9.55 Å². The summed E-state index contributed by atoms with van der Waals surface area (Å²) in [5.41, 5.74) is 2.72. The maximum Gasteiger partial charge on any atom is 0.229 e. The molecule has 1 N–H and O–H groups in total. The van der Waals surface area contributed by atoms with Gasteiger partial charge in [-0.05, 0) is 18.2 Å². The number of para-hydroxylation sites is 3. The Balaban J connectivity index is 1.97. The van der Waals surface area contributed by atoms with E-state index in [0.29, 0.717) is 23.9 Å². The standard InChI is InChI=1S/C18H17N3O3/c1-23-15-9-5-6-11(17(15)24-2)14-10-16(22)20-18-19-12-7-3-4-8-13(12)21(14)18/h3-9,14H,10H2,1-2H3,(H,19,20,22)/t14-/m1/s1. The van der Waals surface area contributed by atoms with Crippen LogP contribution in [0.5, 0.6) is 11.5 Å². The number of benzene rings is 2. The minimum absolute atomic E-state index is 0.0623. The molecule has 0 fully saturated rings. The highest BCUT2D eigenvalue weighted by atomic mass is 16.5. The summed E-state index contributed by atoms with van der Waals surface area (Å²) in [6.07, 6.45) is 0.316. The van der Waals surface area contributed by atoms with Crippen molar-refractivity contribution in [1.29, 1.82) is 0 Å². The number of hydrogen-bond acceptors (Lipinski definition) is 4. The molecule has 1 atom stereocenters. The number of rotatable bonds is 3. The number of imidazole rings is 1. The highest BCUT2D eigenvalue weighted by molar-refractivity contribution is 5.94. The van der Waals surface area contributed by atoms with Crippen molar-refractivity contribution >= 4 is 22.9 Å². The lowest BCUT2D eigenvalue weighted by Crippen LogP contribution is -2.28. The van der Waals surface area contributed by atoms with Gasteiger partial charge in [-0.2, -0.15) is 0 Å². The molecule has 0 spiro atoms. The molecule has 3 aromatic rings. The molecular weight excluding hydrogens is 306 g/mol. The summed E-state index contributed by atoms with van der Waals surface area (Å²) in [5, 5.41) is 2.86. The molecule has 1 amide bonds. The zero-order chi connectivity index (χ0) is 16.7. The van der Waals surface area contributed by atoms with Crippen LogP contribution in [-0.4, -0.2) is 29.7 Å². The molecule has 0 radical (unpaired) electrons. The van der Waals surface area contributed by atoms with Gasteiger partial charge < -0.3 is 14.0 Å². The molecule has 0 bridgehead atoms. The third kappa shape index (κ3) is 2.11. The molecule has 0 aliphatic carbocycles. The molecule has 122 valence electrons. The van der Waals surface area contributed by atoms with Crippen molar-refractivity contribution in [3.63, 3.8) is 0 Å². The van der Waals surface area contributed by atoms with Gasteiger partial charge in [0.15, 0.2) is 11.5 Å². The van der Waals surface area contributed by atoms with Gasteiger partial charge in [0, 0.05) is 5.56 Å². The fourth-order valence-electron chi connectivity index (χ4n) is 3.31. The van der Waals surface area contributed by atoms with Crippen LogP contribution in [0.3, 0.4) is 0 Å². The van der Waals surface area contributed by atoms with Crippen LogP contribution in [0.4, 0.5) is 5.95 Å². The maximum atomic E-state index is 12.2. The summed E-state index contributed by atoms with van der Waals surface area (Å²) in [5.74, 6) is 1.78. The Hall–Kier alpha value is -3.02. The van der Waals surface area contributed by atoms with Gasteiger partial charge in [0.05, 0.1) is 37.7 Å². The highest BCUT2D eigenvalue weighted by Gasteiger charge is 2.31. The predicted molar refractivity (Wildman–Crippen MR) is 90.7 cm³/mol. The Morgan fingerprint density at radius 1 is 1.12 bits per heavy atom. The second-order valence-electron chi connectivity index (χ2n) is 5.64. The lowest BCUT2D eigenvalue weighted by molar-refractivity contribution is -0.117. The van der Waals surface area contributed by atoms with Crippen molar-refractivity contribution in [2.75, 3.05) is 19.5 Å². The first-order chi connectivity index (χ1) is 11.7. The molecule has 1 aliphatic rings. The van der Waals surface area contributed by atoms with E-state index in [1.165, 1.54) is 0 Å². The number of fused-ring (bicyclic) bond motifs is 3. The number of carbonyl (C=O) groups is 1. The summed E-state index contributed by atoms with van der Waals surface area (Å²) in [6, 6.07) is 13.3. The third-order valence-electron chi connectivity index (χ3n) is 4.33. The van der Waals surface area contributed by atoms with Gasteiger partial charge in [-0.3, -0.25) is 10.1 Å². The van der Waals surface area contributed by atoms with Gasteiger partial charge in [0.25, 0.3) is 0 Å². The molecule has 4 rings (SSSR count). The van der Waals surface area contributed by atoms with Crippen LogP contribution in [0.15, 0.2) is 42.5 Å². The Kier molecular flexibility index (Phi) is 3.37. The van der Waals surface area contributed by atoms with Gasteiger partial charge in [0.1, 0.15) is 0 Å². The zero-order valence-corrected chi connectivity index (χ0v) is 13.4. The summed E-state index contributed by atoms with van der Waals surface area (Å²) in [7, 11) is 3.21. The van der Waals surface area contributed by atoms with Gasteiger partial charge in [-0.25, -0.2) is 4.98 Å². The van der Waals surface area contributed by atoms with Crippen molar-refractivity contribution in [2.45, 2.75) is 12.5 Å². The second-order valence-corrected chi connectivity index (χ2v) is 5.64. The summed E-state index contributed by atoms with van der Waals surface area (Å²) < 4.78 is 13.0. The van der Waals surface area contributed by atoms with Crippen molar-refractivity contribution in [3.8, 4) is 11.5 Å². The maximum absolute atomic E-state index is 12.2. The number of amides is 1. The second kappa shape index (κ2) is 5.56. The summed E-state index contributed by atoms with van der Waals surface area (Å²) in [4.78, 5) is 16.7. The van der Waals surface area contributed by atoms with E-state index in [4.69, 9.17) is 9.47 Å². The highest BCUT2D eigenvalue weighted by Crippen LogP contribution is 2.41. The van der Waals surface area contributed by atoms with E-state index in [0.717, 1.165) is 16.6 Å². The number of aromatic nitrogens is 2. The molecule has 6 heteroatoms. The fourth-order valence-corrected chi connectivity index (χ4v) is 3.31. The van der Waals surface area contributed by atoms with Crippen LogP contribution < -0.4 is 14.8 Å². The first-order valence-electron chi connectivity index (χ1n) is 7.70. The van der Waals surface area contributed by atoms with Crippen LogP contribution in [-0.2, 0) is 4.79 Å². The van der Waals surface area contributed by atoms with Crippen molar-refractivity contribution < 1.29 is 14.3 Å². The average Bonchev–Trinajstić information content (AvgIpc) is 2.98. The molecule has 24 heavy (non-hydrogen) atoms. The van der Waals surface area contributed by atoms with Crippen molar-refractivity contribution in [2.24, 2.45) is 0 Å². The van der Waals surface area contributed by atoms with Crippen LogP contribution >= 0.6 is 0 Å². The van der Waals surface area contributed by atoms with E-state index in [9.17, 15) is 4.79 Å². The molecule has 6 nitrogen and oxygen atoms in total. The van der Waals surface area contributed by atoms with Crippen LogP contribution in [0, 0.1) is 0 Å². The molecule has 0 saturated carbocycles. The first kappa shape index (κ1) is 14.6. The molecule has 0 unspecified atom stereocenters.